The molecule has 234 valence electrons. The number of ether oxygens (including phenoxy) is 5. The highest BCUT2D eigenvalue weighted by Gasteiger charge is 2.43. The molecule has 2 saturated heterocycles. The van der Waals surface area contributed by atoms with Crippen molar-refractivity contribution in [2.45, 2.75) is 141 Å². The Morgan fingerprint density at radius 3 is 2.44 bits per heavy atom. The van der Waals surface area contributed by atoms with E-state index in [0.29, 0.717) is 18.8 Å². The average Bonchev–Trinajstić information content (AvgIpc) is 3.26. The fourth-order valence-electron chi connectivity index (χ4n) is 7.01. The SMILES string of the molecule is CCCCC1CC([C@@H](/C=C/[C@@H]2[C@@H](C/C=C\CCCC(=O)OC)[C@@H](O)C[C@H]2OC2CCCCO2)OC2CCCCO2)C1. The number of allylic oxidation sites excluding steroid dienone is 2. The van der Waals surface area contributed by atoms with E-state index in [-0.39, 0.29) is 42.6 Å². The lowest BCUT2D eigenvalue weighted by atomic mass is 9.69. The molecular formula is C34H56O7. The van der Waals surface area contributed by atoms with Gasteiger partial charge in [0.05, 0.1) is 25.4 Å². The Morgan fingerprint density at radius 2 is 1.76 bits per heavy atom. The summed E-state index contributed by atoms with van der Waals surface area (Å²) >= 11 is 0. The van der Waals surface area contributed by atoms with Crippen LogP contribution >= 0.6 is 0 Å². The van der Waals surface area contributed by atoms with Crippen LogP contribution in [-0.4, -0.2) is 62.3 Å². The first-order valence-corrected chi connectivity index (χ1v) is 16.7. The first kappa shape index (κ1) is 32.7. The summed E-state index contributed by atoms with van der Waals surface area (Å²) in [4.78, 5) is 11.4. The van der Waals surface area contributed by atoms with Crippen molar-refractivity contribution < 1.29 is 33.6 Å². The Balaban J connectivity index is 1.42. The van der Waals surface area contributed by atoms with Gasteiger partial charge in [0.15, 0.2) is 12.6 Å². The Bertz CT molecular complexity index is 795. The maximum Gasteiger partial charge on any atom is 0.305 e. The van der Waals surface area contributed by atoms with Crippen LogP contribution in [-0.2, 0) is 28.5 Å². The standard InChI is InChI=1S/C34H56O7/c1-3-4-13-25-22-26(23-25)30(40-33-16-9-11-20-38-33)19-18-28-27(14-7-5-6-8-15-32(36)37-2)29(35)24-31(28)41-34-17-10-12-21-39-34/h5,7,18-19,25-31,33-35H,3-4,6,8-17,20-24H2,1-2H3/b7-5-,19-18+/t25?,26?,27-,28-,29+,30-,31-,33?,34?/m1/s1. The number of hydrogen-bond acceptors (Lipinski definition) is 7. The largest absolute Gasteiger partial charge is 0.469 e. The van der Waals surface area contributed by atoms with Crippen molar-refractivity contribution in [3.05, 3.63) is 24.3 Å². The van der Waals surface area contributed by atoms with E-state index >= 15 is 0 Å². The Kier molecular flexibility index (Phi) is 14.2. The molecule has 0 aromatic heterocycles. The summed E-state index contributed by atoms with van der Waals surface area (Å²) in [6.07, 6.45) is 24.2. The van der Waals surface area contributed by atoms with Gasteiger partial charge < -0.3 is 28.8 Å². The van der Waals surface area contributed by atoms with Gasteiger partial charge in [0.2, 0.25) is 0 Å². The third-order valence-corrected chi connectivity index (χ3v) is 9.58. The van der Waals surface area contributed by atoms with Gasteiger partial charge in [0.25, 0.3) is 0 Å². The molecule has 4 rings (SSSR count). The van der Waals surface area contributed by atoms with E-state index in [2.05, 4.69) is 31.2 Å². The average molecular weight is 577 g/mol. The van der Waals surface area contributed by atoms with E-state index in [9.17, 15) is 9.90 Å². The second-order valence-electron chi connectivity index (χ2n) is 12.7. The molecule has 7 atom stereocenters. The van der Waals surface area contributed by atoms with E-state index in [1.807, 2.05) is 0 Å². The second kappa shape index (κ2) is 17.8. The molecule has 2 aliphatic carbocycles. The van der Waals surface area contributed by atoms with Crippen LogP contribution in [0.25, 0.3) is 0 Å². The number of esters is 1. The molecule has 0 radical (unpaired) electrons. The Morgan fingerprint density at radius 1 is 1.00 bits per heavy atom. The quantitative estimate of drug-likeness (QED) is 0.122. The summed E-state index contributed by atoms with van der Waals surface area (Å²) < 4.78 is 29.8. The van der Waals surface area contributed by atoms with Gasteiger partial charge in [-0.05, 0) is 88.4 Å². The fourth-order valence-corrected chi connectivity index (χ4v) is 7.01. The molecule has 0 aromatic rings. The molecule has 0 bridgehead atoms. The lowest BCUT2D eigenvalue weighted by molar-refractivity contribution is -0.196. The van der Waals surface area contributed by atoms with Crippen LogP contribution in [0, 0.1) is 23.7 Å². The van der Waals surface area contributed by atoms with Crippen molar-refractivity contribution >= 4 is 5.97 Å². The highest BCUT2D eigenvalue weighted by molar-refractivity contribution is 5.69. The molecule has 2 saturated carbocycles. The van der Waals surface area contributed by atoms with Crippen LogP contribution in [0.4, 0.5) is 0 Å². The smallest absolute Gasteiger partial charge is 0.305 e. The van der Waals surface area contributed by atoms with E-state index in [0.717, 1.165) is 76.9 Å². The van der Waals surface area contributed by atoms with Gasteiger partial charge in [-0.25, -0.2) is 0 Å². The first-order valence-electron chi connectivity index (χ1n) is 16.7. The summed E-state index contributed by atoms with van der Waals surface area (Å²) in [5, 5.41) is 11.2. The molecule has 0 aromatic carbocycles. The number of carbonyl (C=O) groups is 1. The molecule has 4 aliphatic rings. The van der Waals surface area contributed by atoms with Crippen molar-refractivity contribution in [2.75, 3.05) is 20.3 Å². The molecule has 2 heterocycles. The summed E-state index contributed by atoms with van der Waals surface area (Å²) in [5.41, 5.74) is 0. The number of rotatable bonds is 16. The van der Waals surface area contributed by atoms with Crippen LogP contribution in [0.1, 0.15) is 110 Å². The van der Waals surface area contributed by atoms with Crippen LogP contribution in [0.15, 0.2) is 24.3 Å². The third-order valence-electron chi connectivity index (χ3n) is 9.58. The van der Waals surface area contributed by atoms with Gasteiger partial charge in [0.1, 0.15) is 0 Å². The summed E-state index contributed by atoms with van der Waals surface area (Å²) in [6.45, 7) is 3.80. The van der Waals surface area contributed by atoms with E-state index in [4.69, 9.17) is 23.7 Å². The van der Waals surface area contributed by atoms with Gasteiger partial charge in [-0.2, -0.15) is 0 Å². The number of methoxy groups -OCH3 is 1. The van der Waals surface area contributed by atoms with Gasteiger partial charge in [-0.3, -0.25) is 4.79 Å². The number of unbranched alkanes of at least 4 members (excludes halogenated alkanes) is 2. The summed E-state index contributed by atoms with van der Waals surface area (Å²) in [5.74, 6) is 1.33. The van der Waals surface area contributed by atoms with Gasteiger partial charge >= 0.3 is 5.97 Å². The minimum atomic E-state index is -0.430. The van der Waals surface area contributed by atoms with Crippen molar-refractivity contribution in [2.24, 2.45) is 23.7 Å². The van der Waals surface area contributed by atoms with Crippen molar-refractivity contribution in [3.63, 3.8) is 0 Å². The molecule has 0 amide bonds. The van der Waals surface area contributed by atoms with E-state index in [1.165, 1.54) is 39.2 Å². The highest BCUT2D eigenvalue weighted by Crippen LogP contribution is 2.43. The van der Waals surface area contributed by atoms with Crippen LogP contribution in [0.5, 0.6) is 0 Å². The monoisotopic (exact) mass is 576 g/mol. The summed E-state index contributed by atoms with van der Waals surface area (Å²) in [6, 6.07) is 0. The van der Waals surface area contributed by atoms with E-state index < -0.39 is 6.10 Å². The maximum absolute atomic E-state index is 11.4. The lowest BCUT2D eigenvalue weighted by Gasteiger charge is -2.41. The van der Waals surface area contributed by atoms with Crippen molar-refractivity contribution in [1.82, 2.24) is 0 Å². The Labute approximate surface area is 248 Å². The second-order valence-corrected chi connectivity index (χ2v) is 12.7. The molecule has 41 heavy (non-hydrogen) atoms. The van der Waals surface area contributed by atoms with Crippen molar-refractivity contribution in [3.8, 4) is 0 Å². The van der Waals surface area contributed by atoms with Crippen LogP contribution in [0.2, 0.25) is 0 Å². The maximum atomic E-state index is 11.4. The predicted molar refractivity (Wildman–Crippen MR) is 159 cm³/mol. The zero-order valence-corrected chi connectivity index (χ0v) is 25.6. The molecular weight excluding hydrogens is 520 g/mol. The molecule has 4 fully saturated rings. The van der Waals surface area contributed by atoms with E-state index in [1.54, 1.807) is 0 Å². The predicted octanol–water partition coefficient (Wildman–Crippen LogP) is 6.87. The molecule has 0 spiro atoms. The van der Waals surface area contributed by atoms with Crippen LogP contribution in [0.3, 0.4) is 0 Å². The van der Waals surface area contributed by atoms with Crippen LogP contribution < -0.4 is 0 Å². The topological polar surface area (TPSA) is 83.5 Å². The zero-order valence-electron chi connectivity index (χ0n) is 25.6. The third kappa shape index (κ3) is 10.5. The number of aliphatic hydroxyl groups is 1. The number of aliphatic hydroxyl groups excluding tert-OH is 1. The molecule has 2 aliphatic heterocycles. The Hall–Kier alpha value is -1.25. The van der Waals surface area contributed by atoms with Gasteiger partial charge in [-0.15, -0.1) is 0 Å². The molecule has 1 N–H and O–H groups in total. The van der Waals surface area contributed by atoms with Gasteiger partial charge in [0, 0.05) is 32.0 Å². The minimum absolute atomic E-state index is 0.0369. The zero-order chi connectivity index (χ0) is 28.9. The lowest BCUT2D eigenvalue weighted by Crippen LogP contribution is -2.38. The molecule has 7 nitrogen and oxygen atoms in total. The first-order chi connectivity index (χ1) is 20.1. The number of hydrogen-bond donors (Lipinski definition) is 1. The minimum Gasteiger partial charge on any atom is -0.469 e. The fraction of sp³-hybridized carbons (Fsp3) is 0.853. The molecule has 2 unspecified atom stereocenters. The van der Waals surface area contributed by atoms with Crippen molar-refractivity contribution in [1.29, 1.82) is 0 Å². The summed E-state index contributed by atoms with van der Waals surface area (Å²) in [7, 11) is 1.43. The van der Waals surface area contributed by atoms with Gasteiger partial charge in [-0.1, -0.05) is 50.5 Å². The number of carbonyl (C=O) groups excluding carboxylic acids is 1. The molecule has 7 heteroatoms. The normalized spacial score (nSPS) is 35.1. The highest BCUT2D eigenvalue weighted by atomic mass is 16.7.